The van der Waals surface area contributed by atoms with E-state index in [1.54, 1.807) is 24.3 Å². The molecule has 0 saturated heterocycles. The van der Waals surface area contributed by atoms with Gasteiger partial charge in [0.25, 0.3) is 5.91 Å². The van der Waals surface area contributed by atoms with E-state index in [0.717, 1.165) is 5.56 Å². The summed E-state index contributed by atoms with van der Waals surface area (Å²) in [4.78, 5) is 34.8. The third kappa shape index (κ3) is 5.62. The number of rotatable bonds is 6. The van der Waals surface area contributed by atoms with Crippen molar-refractivity contribution in [2.24, 2.45) is 0 Å². The van der Waals surface area contributed by atoms with Gasteiger partial charge in [0.1, 0.15) is 12.4 Å². The van der Waals surface area contributed by atoms with Crippen molar-refractivity contribution in [1.29, 1.82) is 0 Å². The zero-order valence-electron chi connectivity index (χ0n) is 14.5. The van der Waals surface area contributed by atoms with Crippen LogP contribution in [0.3, 0.4) is 0 Å². The fourth-order valence-corrected chi connectivity index (χ4v) is 1.99. The number of benzene rings is 2. The topological polar surface area (TPSA) is 93.7 Å². The molecule has 2 N–H and O–H groups in total. The van der Waals surface area contributed by atoms with Crippen molar-refractivity contribution >= 4 is 17.9 Å². The number of urea groups is 1. The first-order chi connectivity index (χ1) is 12.5. The van der Waals surface area contributed by atoms with Crippen LogP contribution in [0.2, 0.25) is 0 Å². The minimum atomic E-state index is -1.10. The van der Waals surface area contributed by atoms with Crippen molar-refractivity contribution in [3.05, 3.63) is 65.7 Å². The monoisotopic (exact) mass is 356 g/mol. The van der Waals surface area contributed by atoms with Crippen LogP contribution in [0, 0.1) is 0 Å². The average molecular weight is 356 g/mol. The summed E-state index contributed by atoms with van der Waals surface area (Å²) in [5, 5.41) is 4.28. The molecule has 0 aliphatic heterocycles. The molecule has 0 bridgehead atoms. The molecule has 7 heteroatoms. The van der Waals surface area contributed by atoms with E-state index in [0.29, 0.717) is 12.4 Å². The maximum absolute atomic E-state index is 12.1. The first kappa shape index (κ1) is 19.0. The lowest BCUT2D eigenvalue weighted by atomic mass is 10.2. The predicted molar refractivity (Wildman–Crippen MR) is 94.7 cm³/mol. The van der Waals surface area contributed by atoms with Crippen LogP contribution in [-0.4, -0.2) is 31.1 Å². The Balaban J connectivity index is 1.87. The number of amides is 3. The minimum absolute atomic E-state index is 0.275. The first-order valence-electron chi connectivity index (χ1n) is 8.00. The Kier molecular flexibility index (Phi) is 6.73. The summed E-state index contributed by atoms with van der Waals surface area (Å²) >= 11 is 0. The molecule has 1 atom stereocenters. The zero-order chi connectivity index (χ0) is 18.9. The first-order valence-corrected chi connectivity index (χ1v) is 8.00. The Morgan fingerprint density at radius 2 is 1.65 bits per heavy atom. The highest BCUT2D eigenvalue weighted by atomic mass is 16.5. The van der Waals surface area contributed by atoms with Crippen LogP contribution in [0.5, 0.6) is 5.75 Å². The largest absolute Gasteiger partial charge is 0.489 e. The van der Waals surface area contributed by atoms with Gasteiger partial charge in [-0.2, -0.15) is 0 Å². The fourth-order valence-electron chi connectivity index (χ4n) is 1.99. The Hall–Kier alpha value is -3.35. The summed E-state index contributed by atoms with van der Waals surface area (Å²) in [5.74, 6) is -0.768. The lowest BCUT2D eigenvalue weighted by Gasteiger charge is -2.13. The maximum atomic E-state index is 12.1. The van der Waals surface area contributed by atoms with Gasteiger partial charge in [-0.3, -0.25) is 10.1 Å². The molecule has 0 aliphatic rings. The zero-order valence-corrected chi connectivity index (χ0v) is 14.5. The van der Waals surface area contributed by atoms with Gasteiger partial charge < -0.3 is 14.8 Å². The smallest absolute Gasteiger partial charge is 0.338 e. The lowest BCUT2D eigenvalue weighted by molar-refractivity contribution is -0.127. The van der Waals surface area contributed by atoms with Crippen LogP contribution < -0.4 is 15.4 Å². The van der Waals surface area contributed by atoms with Crippen LogP contribution in [0.1, 0.15) is 22.8 Å². The molecule has 0 radical (unpaired) electrons. The molecule has 136 valence electrons. The molecule has 2 aromatic rings. The number of hydrogen-bond acceptors (Lipinski definition) is 5. The highest BCUT2D eigenvalue weighted by Crippen LogP contribution is 2.15. The third-order valence-corrected chi connectivity index (χ3v) is 3.46. The fraction of sp³-hybridized carbons (Fsp3) is 0.211. The van der Waals surface area contributed by atoms with Crippen LogP contribution >= 0.6 is 0 Å². The molecular formula is C19H20N2O5. The summed E-state index contributed by atoms with van der Waals surface area (Å²) < 4.78 is 10.7. The summed E-state index contributed by atoms with van der Waals surface area (Å²) in [6, 6.07) is 15.4. The number of hydrogen-bond donors (Lipinski definition) is 2. The van der Waals surface area contributed by atoms with Crippen molar-refractivity contribution in [3.8, 4) is 5.75 Å². The third-order valence-electron chi connectivity index (χ3n) is 3.46. The molecule has 0 fully saturated rings. The predicted octanol–water partition coefficient (Wildman–Crippen LogP) is 2.27. The Morgan fingerprint density at radius 3 is 2.27 bits per heavy atom. The van der Waals surface area contributed by atoms with E-state index in [9.17, 15) is 14.4 Å². The van der Waals surface area contributed by atoms with Gasteiger partial charge in [0.15, 0.2) is 6.10 Å². The van der Waals surface area contributed by atoms with E-state index >= 15 is 0 Å². The van der Waals surface area contributed by atoms with Crippen LogP contribution in [-0.2, 0) is 16.1 Å². The van der Waals surface area contributed by atoms with Gasteiger partial charge in [0, 0.05) is 7.05 Å². The second-order valence-corrected chi connectivity index (χ2v) is 5.41. The molecule has 2 aromatic carbocycles. The Labute approximate surface area is 151 Å². The van der Waals surface area contributed by atoms with Gasteiger partial charge >= 0.3 is 12.0 Å². The van der Waals surface area contributed by atoms with Crippen molar-refractivity contribution < 1.29 is 23.9 Å². The number of imide groups is 1. The maximum Gasteiger partial charge on any atom is 0.338 e. The number of esters is 1. The van der Waals surface area contributed by atoms with Crippen LogP contribution in [0.25, 0.3) is 0 Å². The molecule has 26 heavy (non-hydrogen) atoms. The summed E-state index contributed by atoms with van der Waals surface area (Å²) in [6.45, 7) is 1.80. The molecule has 0 aromatic heterocycles. The molecule has 0 spiro atoms. The number of carbonyl (C=O) groups is 3. The summed E-state index contributed by atoms with van der Waals surface area (Å²) in [6.07, 6.45) is -1.10. The molecule has 2 rings (SSSR count). The van der Waals surface area contributed by atoms with E-state index in [1.165, 1.54) is 14.0 Å². The van der Waals surface area contributed by atoms with E-state index in [1.807, 2.05) is 35.6 Å². The quantitative estimate of drug-likeness (QED) is 0.775. The highest BCUT2D eigenvalue weighted by molar-refractivity contribution is 5.98. The normalized spacial score (nSPS) is 11.2. The second kappa shape index (κ2) is 9.22. The second-order valence-electron chi connectivity index (χ2n) is 5.41. The molecule has 0 heterocycles. The van der Waals surface area contributed by atoms with Gasteiger partial charge in [0.05, 0.1) is 5.56 Å². The van der Waals surface area contributed by atoms with E-state index in [-0.39, 0.29) is 5.56 Å². The highest BCUT2D eigenvalue weighted by Gasteiger charge is 2.20. The number of ether oxygens (including phenoxy) is 2. The molecule has 3 amide bonds. The summed E-state index contributed by atoms with van der Waals surface area (Å²) in [5.41, 5.74) is 1.31. The van der Waals surface area contributed by atoms with Crippen LogP contribution in [0.4, 0.5) is 4.79 Å². The van der Waals surface area contributed by atoms with Gasteiger partial charge in [-0.1, -0.05) is 30.3 Å². The molecule has 0 aliphatic carbocycles. The van der Waals surface area contributed by atoms with Gasteiger partial charge in [0.2, 0.25) is 0 Å². The van der Waals surface area contributed by atoms with E-state index in [4.69, 9.17) is 9.47 Å². The molecular weight excluding hydrogens is 336 g/mol. The Bertz CT molecular complexity index is 759. The lowest BCUT2D eigenvalue weighted by Crippen LogP contribution is -2.43. The van der Waals surface area contributed by atoms with Crippen molar-refractivity contribution in [3.63, 3.8) is 0 Å². The van der Waals surface area contributed by atoms with E-state index < -0.39 is 24.0 Å². The van der Waals surface area contributed by atoms with Crippen molar-refractivity contribution in [2.45, 2.75) is 19.6 Å². The van der Waals surface area contributed by atoms with Crippen molar-refractivity contribution in [1.82, 2.24) is 10.6 Å². The van der Waals surface area contributed by atoms with Gasteiger partial charge in [-0.25, -0.2) is 9.59 Å². The van der Waals surface area contributed by atoms with Gasteiger partial charge in [-0.05, 0) is 36.8 Å². The van der Waals surface area contributed by atoms with Gasteiger partial charge in [-0.15, -0.1) is 0 Å². The molecule has 0 saturated carbocycles. The molecule has 7 nitrogen and oxygen atoms in total. The number of carbonyl (C=O) groups excluding carboxylic acids is 3. The van der Waals surface area contributed by atoms with Crippen LogP contribution in [0.15, 0.2) is 54.6 Å². The Morgan fingerprint density at radius 1 is 1.00 bits per heavy atom. The molecule has 0 unspecified atom stereocenters. The van der Waals surface area contributed by atoms with E-state index in [2.05, 4.69) is 5.32 Å². The minimum Gasteiger partial charge on any atom is -0.489 e. The SMILES string of the molecule is CNC(=O)NC(=O)[C@@H](C)OC(=O)c1ccc(OCc2ccccc2)cc1. The summed E-state index contributed by atoms with van der Waals surface area (Å²) in [7, 11) is 1.38. The average Bonchev–Trinajstić information content (AvgIpc) is 2.67. The standard InChI is InChI=1S/C19H20N2O5/c1-13(17(22)21-19(24)20-2)26-18(23)15-8-10-16(11-9-15)25-12-14-6-4-3-5-7-14/h3-11,13H,12H2,1-2H3,(H2,20,21,22,24)/t13-/m1/s1. The number of nitrogens with one attached hydrogen (secondary N) is 2. The van der Waals surface area contributed by atoms with Crippen molar-refractivity contribution in [2.75, 3.05) is 7.05 Å².